The third-order valence-electron chi connectivity index (χ3n) is 2.32. The van der Waals surface area contributed by atoms with Crippen molar-refractivity contribution in [1.29, 1.82) is 0 Å². The smallest absolute Gasteiger partial charge is 0.262 e. The molecule has 0 spiro atoms. The molecule has 19 heavy (non-hydrogen) atoms. The van der Waals surface area contributed by atoms with Gasteiger partial charge in [-0.25, -0.2) is 8.42 Å². The van der Waals surface area contributed by atoms with Crippen molar-refractivity contribution >= 4 is 37.0 Å². The Hall–Kier alpha value is -0.630. The van der Waals surface area contributed by atoms with Gasteiger partial charge in [-0.1, -0.05) is 0 Å². The zero-order valence-electron chi connectivity index (χ0n) is 11.1. The number of amides is 1. The first-order valence-electron chi connectivity index (χ1n) is 5.43. The molecular formula is C11H16ClNO4S2. The van der Waals surface area contributed by atoms with Gasteiger partial charge in [0.05, 0.1) is 21.9 Å². The summed E-state index contributed by atoms with van der Waals surface area (Å²) >= 11 is 1.09. The lowest BCUT2D eigenvalue weighted by Gasteiger charge is -2.24. The van der Waals surface area contributed by atoms with E-state index in [1.165, 1.54) is 6.07 Å². The summed E-state index contributed by atoms with van der Waals surface area (Å²) in [5.74, 6) is -0.346. The van der Waals surface area contributed by atoms with E-state index in [9.17, 15) is 13.2 Å². The summed E-state index contributed by atoms with van der Waals surface area (Å²) in [7, 11) is 3.01. The molecule has 0 radical (unpaired) electrons. The molecule has 0 fully saturated rings. The Balaban J connectivity index is 2.97. The number of halogens is 1. The minimum Gasteiger partial charge on any atom is -0.382 e. The van der Waals surface area contributed by atoms with Crippen LogP contribution in [0, 0.1) is 6.92 Å². The van der Waals surface area contributed by atoms with E-state index >= 15 is 0 Å². The minimum atomic E-state index is -3.82. The summed E-state index contributed by atoms with van der Waals surface area (Å²) in [5.41, 5.74) is -0.538. The van der Waals surface area contributed by atoms with Gasteiger partial charge in [-0.15, -0.1) is 11.3 Å². The predicted molar refractivity (Wildman–Crippen MR) is 75.5 cm³/mol. The number of hydrogen-bond donors (Lipinski definition) is 1. The maximum Gasteiger partial charge on any atom is 0.262 e. The lowest BCUT2D eigenvalue weighted by molar-refractivity contribution is 0.0823. The number of rotatable bonds is 5. The van der Waals surface area contributed by atoms with Crippen molar-refractivity contribution < 1.29 is 17.9 Å². The Morgan fingerprint density at radius 1 is 1.53 bits per heavy atom. The van der Waals surface area contributed by atoms with E-state index in [-0.39, 0.29) is 10.8 Å². The quantitative estimate of drug-likeness (QED) is 0.842. The molecule has 0 unspecified atom stereocenters. The number of nitrogens with one attached hydrogen (secondary N) is 1. The van der Waals surface area contributed by atoms with Crippen molar-refractivity contribution in [3.8, 4) is 0 Å². The third-order valence-corrected chi connectivity index (χ3v) is 4.94. The molecule has 5 nitrogen and oxygen atoms in total. The van der Waals surface area contributed by atoms with Gasteiger partial charge in [0.25, 0.3) is 15.0 Å². The lowest BCUT2D eigenvalue weighted by Crippen LogP contribution is -2.46. The molecule has 0 aliphatic rings. The van der Waals surface area contributed by atoms with Crippen molar-refractivity contribution in [2.45, 2.75) is 31.2 Å². The highest BCUT2D eigenvalue weighted by molar-refractivity contribution is 8.13. The van der Waals surface area contributed by atoms with Crippen LogP contribution in [0.25, 0.3) is 0 Å². The van der Waals surface area contributed by atoms with Crippen LogP contribution in [0.3, 0.4) is 0 Å². The highest BCUT2D eigenvalue weighted by atomic mass is 35.7. The standard InChI is InChI=1S/C11H16ClNO4S2/c1-7-9(19(12,15)16)5-8(18-7)10(14)13-11(2,3)6-17-4/h5H,6H2,1-4H3,(H,13,14). The van der Waals surface area contributed by atoms with E-state index in [2.05, 4.69) is 5.32 Å². The summed E-state index contributed by atoms with van der Waals surface area (Å²) in [6, 6.07) is 1.29. The van der Waals surface area contributed by atoms with Crippen LogP contribution < -0.4 is 5.32 Å². The Morgan fingerprint density at radius 2 is 2.11 bits per heavy atom. The number of aryl methyl sites for hydroxylation is 1. The number of ether oxygens (including phenoxy) is 1. The highest BCUT2D eigenvalue weighted by Crippen LogP contribution is 2.28. The first-order chi connectivity index (χ1) is 8.57. The van der Waals surface area contributed by atoms with Crippen LogP contribution in [0.5, 0.6) is 0 Å². The molecule has 0 bridgehead atoms. The zero-order chi connectivity index (χ0) is 14.8. The molecule has 0 aliphatic carbocycles. The van der Waals surface area contributed by atoms with Gasteiger partial charge in [0.2, 0.25) is 0 Å². The molecule has 1 rings (SSSR count). The van der Waals surface area contributed by atoms with Gasteiger partial charge in [-0.05, 0) is 26.8 Å². The van der Waals surface area contributed by atoms with Crippen molar-refractivity contribution in [2.75, 3.05) is 13.7 Å². The van der Waals surface area contributed by atoms with E-state index < -0.39 is 14.6 Å². The van der Waals surface area contributed by atoms with E-state index in [1.54, 1.807) is 14.0 Å². The molecule has 0 atom stereocenters. The number of hydrogen-bond acceptors (Lipinski definition) is 5. The van der Waals surface area contributed by atoms with Gasteiger partial charge >= 0.3 is 0 Å². The summed E-state index contributed by atoms with van der Waals surface area (Å²) in [5, 5.41) is 2.77. The SMILES string of the molecule is COCC(C)(C)NC(=O)c1cc(S(=O)(=O)Cl)c(C)s1. The van der Waals surface area contributed by atoms with Crippen molar-refractivity contribution in [1.82, 2.24) is 5.32 Å². The second kappa shape index (κ2) is 5.78. The Bertz CT molecular complexity index is 578. The van der Waals surface area contributed by atoms with Crippen LogP contribution in [0.15, 0.2) is 11.0 Å². The molecule has 1 heterocycles. The molecule has 8 heteroatoms. The van der Waals surface area contributed by atoms with Gasteiger partial charge in [0.1, 0.15) is 0 Å². The fraction of sp³-hybridized carbons (Fsp3) is 0.545. The Kier molecular flexibility index (Phi) is 5.00. The van der Waals surface area contributed by atoms with Crippen LogP contribution in [0.4, 0.5) is 0 Å². The molecule has 108 valence electrons. The normalized spacial score (nSPS) is 12.5. The summed E-state index contributed by atoms with van der Waals surface area (Å²) in [6.45, 7) is 5.59. The van der Waals surface area contributed by atoms with E-state index in [0.717, 1.165) is 11.3 Å². The van der Waals surface area contributed by atoms with Crippen LogP contribution in [0.2, 0.25) is 0 Å². The summed E-state index contributed by atoms with van der Waals surface area (Å²) in [6.07, 6.45) is 0. The van der Waals surface area contributed by atoms with Crippen molar-refractivity contribution in [3.63, 3.8) is 0 Å². The number of methoxy groups -OCH3 is 1. The molecule has 1 amide bonds. The topological polar surface area (TPSA) is 72.5 Å². The van der Waals surface area contributed by atoms with Gasteiger partial charge in [-0.3, -0.25) is 4.79 Å². The van der Waals surface area contributed by atoms with Crippen LogP contribution in [0.1, 0.15) is 28.4 Å². The average Bonchev–Trinajstić information content (AvgIpc) is 2.58. The first kappa shape index (κ1) is 16.4. The fourth-order valence-corrected chi connectivity index (χ4v) is 4.14. The van der Waals surface area contributed by atoms with Crippen molar-refractivity contribution in [3.05, 3.63) is 15.8 Å². The summed E-state index contributed by atoms with van der Waals surface area (Å²) in [4.78, 5) is 12.8. The van der Waals surface area contributed by atoms with E-state index in [4.69, 9.17) is 15.4 Å². The molecule has 1 N–H and O–H groups in total. The van der Waals surface area contributed by atoms with Gasteiger partial charge in [0, 0.05) is 22.7 Å². The highest BCUT2D eigenvalue weighted by Gasteiger charge is 2.25. The predicted octanol–water partition coefficient (Wildman–Crippen LogP) is 2.14. The lowest BCUT2D eigenvalue weighted by atomic mass is 10.1. The van der Waals surface area contributed by atoms with E-state index in [0.29, 0.717) is 16.4 Å². The first-order valence-corrected chi connectivity index (χ1v) is 8.56. The Morgan fingerprint density at radius 3 is 2.53 bits per heavy atom. The molecule has 0 aliphatic heterocycles. The van der Waals surface area contributed by atoms with Crippen molar-refractivity contribution in [2.24, 2.45) is 0 Å². The maximum atomic E-state index is 12.0. The molecule has 0 saturated carbocycles. The second-order valence-corrected chi connectivity index (χ2v) is 8.53. The maximum absolute atomic E-state index is 12.0. The minimum absolute atomic E-state index is 0.0196. The van der Waals surface area contributed by atoms with Crippen LogP contribution >= 0.6 is 22.0 Å². The van der Waals surface area contributed by atoms with Crippen LogP contribution in [-0.4, -0.2) is 33.6 Å². The van der Waals surface area contributed by atoms with Gasteiger partial charge in [0.15, 0.2) is 0 Å². The Labute approximate surface area is 121 Å². The third kappa shape index (κ3) is 4.45. The zero-order valence-corrected chi connectivity index (χ0v) is 13.5. The monoisotopic (exact) mass is 325 g/mol. The largest absolute Gasteiger partial charge is 0.382 e. The summed E-state index contributed by atoms with van der Waals surface area (Å²) < 4.78 is 27.6. The number of thiophene rings is 1. The fourth-order valence-electron chi connectivity index (χ4n) is 1.59. The molecular weight excluding hydrogens is 310 g/mol. The molecule has 1 aromatic heterocycles. The number of carbonyl (C=O) groups excluding carboxylic acids is 1. The second-order valence-electron chi connectivity index (χ2n) is 4.74. The molecule has 0 saturated heterocycles. The molecule has 1 aromatic rings. The van der Waals surface area contributed by atoms with Gasteiger partial charge in [-0.2, -0.15) is 0 Å². The van der Waals surface area contributed by atoms with E-state index in [1.807, 2.05) is 13.8 Å². The average molecular weight is 326 g/mol. The molecule has 0 aromatic carbocycles. The number of carbonyl (C=O) groups is 1. The van der Waals surface area contributed by atoms with Gasteiger partial charge < -0.3 is 10.1 Å². The van der Waals surface area contributed by atoms with Crippen LogP contribution in [-0.2, 0) is 13.8 Å².